The zero-order valence-corrected chi connectivity index (χ0v) is 13.4. The Labute approximate surface area is 139 Å². The van der Waals surface area contributed by atoms with Crippen molar-refractivity contribution in [3.63, 3.8) is 0 Å². The third kappa shape index (κ3) is 3.79. The lowest BCUT2D eigenvalue weighted by Crippen LogP contribution is -2.31. The van der Waals surface area contributed by atoms with E-state index in [1.807, 2.05) is 0 Å². The third-order valence-electron chi connectivity index (χ3n) is 3.84. The van der Waals surface area contributed by atoms with Gasteiger partial charge in [0.2, 0.25) is 0 Å². The molecule has 6 nitrogen and oxygen atoms in total. The average molecular weight is 330 g/mol. The molecule has 1 aliphatic heterocycles. The second-order valence-electron chi connectivity index (χ2n) is 5.64. The lowest BCUT2D eigenvalue weighted by molar-refractivity contribution is -0.122. The fourth-order valence-electron chi connectivity index (χ4n) is 2.55. The Balaban J connectivity index is 1.63. The van der Waals surface area contributed by atoms with E-state index in [1.165, 1.54) is 18.5 Å². The molecule has 1 atom stereocenters. The number of nitrogens with one attached hydrogen (secondary N) is 1. The van der Waals surface area contributed by atoms with Crippen molar-refractivity contribution in [3.05, 3.63) is 42.5 Å². The number of nitrogens with zero attached hydrogens (tertiary/aromatic N) is 3. The Kier molecular flexibility index (Phi) is 4.88. The zero-order chi connectivity index (χ0) is 16.9. The van der Waals surface area contributed by atoms with Crippen LogP contribution in [0.5, 0.6) is 5.75 Å². The van der Waals surface area contributed by atoms with Crippen molar-refractivity contribution in [3.8, 4) is 5.75 Å². The molecule has 7 heteroatoms. The molecular formula is C17H19FN4O2. The maximum atomic E-state index is 13.6. The van der Waals surface area contributed by atoms with Crippen LogP contribution in [0.3, 0.4) is 0 Å². The summed E-state index contributed by atoms with van der Waals surface area (Å²) < 4.78 is 19.0. The first-order chi connectivity index (χ1) is 11.6. The van der Waals surface area contributed by atoms with Gasteiger partial charge in [-0.05, 0) is 31.9 Å². The molecule has 24 heavy (non-hydrogen) atoms. The number of anilines is 2. The Morgan fingerprint density at radius 2 is 2.04 bits per heavy atom. The first-order valence-electron chi connectivity index (χ1n) is 7.92. The minimum Gasteiger partial charge on any atom is -0.478 e. The van der Waals surface area contributed by atoms with Gasteiger partial charge in [0.25, 0.3) is 5.91 Å². The zero-order valence-electron chi connectivity index (χ0n) is 13.4. The van der Waals surface area contributed by atoms with Gasteiger partial charge < -0.3 is 15.0 Å². The smallest absolute Gasteiger partial charge is 0.266 e. The molecule has 1 aromatic heterocycles. The van der Waals surface area contributed by atoms with E-state index in [1.54, 1.807) is 25.1 Å². The topological polar surface area (TPSA) is 67.3 Å². The fourth-order valence-corrected chi connectivity index (χ4v) is 2.55. The summed E-state index contributed by atoms with van der Waals surface area (Å²) in [7, 11) is 0. The molecule has 0 bridgehead atoms. The SMILES string of the molecule is C[C@@H](Oc1ccccc1F)C(=O)Nc1cc(N2CCCC2)ncn1. The minimum atomic E-state index is -0.855. The molecule has 1 aliphatic rings. The van der Waals surface area contributed by atoms with Crippen molar-refractivity contribution in [2.45, 2.75) is 25.9 Å². The predicted molar refractivity (Wildman–Crippen MR) is 88.6 cm³/mol. The molecule has 0 spiro atoms. The van der Waals surface area contributed by atoms with Gasteiger partial charge in [-0.3, -0.25) is 4.79 Å². The van der Waals surface area contributed by atoms with Gasteiger partial charge in [-0.25, -0.2) is 14.4 Å². The van der Waals surface area contributed by atoms with Crippen LogP contribution in [0.2, 0.25) is 0 Å². The maximum Gasteiger partial charge on any atom is 0.266 e. The molecule has 0 saturated carbocycles. The van der Waals surface area contributed by atoms with E-state index in [2.05, 4.69) is 20.2 Å². The van der Waals surface area contributed by atoms with E-state index in [4.69, 9.17) is 4.74 Å². The maximum absolute atomic E-state index is 13.6. The highest BCUT2D eigenvalue weighted by Gasteiger charge is 2.18. The summed E-state index contributed by atoms with van der Waals surface area (Å²) in [6.07, 6.45) is 2.84. The minimum absolute atomic E-state index is 0.0422. The molecule has 0 radical (unpaired) electrons. The third-order valence-corrected chi connectivity index (χ3v) is 3.84. The number of rotatable bonds is 5. The largest absolute Gasteiger partial charge is 0.478 e. The average Bonchev–Trinajstić information content (AvgIpc) is 3.12. The fraction of sp³-hybridized carbons (Fsp3) is 0.353. The monoisotopic (exact) mass is 330 g/mol. The van der Waals surface area contributed by atoms with E-state index in [9.17, 15) is 9.18 Å². The number of amides is 1. The number of aromatic nitrogens is 2. The molecular weight excluding hydrogens is 311 g/mol. The molecule has 0 aliphatic carbocycles. The first-order valence-corrected chi connectivity index (χ1v) is 7.92. The molecule has 0 unspecified atom stereocenters. The molecule has 2 heterocycles. The summed E-state index contributed by atoms with van der Waals surface area (Å²) >= 11 is 0. The molecule has 1 aromatic carbocycles. The molecule has 1 N–H and O–H groups in total. The first kappa shape index (κ1) is 16.2. The normalized spacial score (nSPS) is 15.2. The van der Waals surface area contributed by atoms with Crippen LogP contribution in [-0.4, -0.2) is 35.1 Å². The summed E-state index contributed by atoms with van der Waals surface area (Å²) in [5, 5.41) is 2.68. The number of halogens is 1. The Morgan fingerprint density at radius 1 is 1.29 bits per heavy atom. The van der Waals surface area contributed by atoms with Crippen LogP contribution in [0.15, 0.2) is 36.7 Å². The highest BCUT2D eigenvalue weighted by molar-refractivity contribution is 5.93. The van der Waals surface area contributed by atoms with Crippen LogP contribution >= 0.6 is 0 Å². The number of carbonyl (C=O) groups is 1. The summed E-state index contributed by atoms with van der Waals surface area (Å²) in [5.74, 6) is 0.335. The summed E-state index contributed by atoms with van der Waals surface area (Å²) in [4.78, 5) is 22.7. The van der Waals surface area contributed by atoms with Gasteiger partial charge in [0.05, 0.1) is 0 Å². The highest BCUT2D eigenvalue weighted by Crippen LogP contribution is 2.20. The number of hydrogen-bond acceptors (Lipinski definition) is 5. The van der Waals surface area contributed by atoms with Crippen molar-refractivity contribution in [2.24, 2.45) is 0 Å². The number of carbonyl (C=O) groups excluding carboxylic acids is 1. The number of hydrogen-bond donors (Lipinski definition) is 1. The molecule has 126 valence electrons. The molecule has 3 rings (SSSR count). The van der Waals surface area contributed by atoms with Gasteiger partial charge in [-0.2, -0.15) is 0 Å². The van der Waals surface area contributed by atoms with Crippen LogP contribution < -0.4 is 15.0 Å². The van der Waals surface area contributed by atoms with E-state index in [-0.39, 0.29) is 5.75 Å². The van der Waals surface area contributed by atoms with Crippen LogP contribution in [0.4, 0.5) is 16.0 Å². The lowest BCUT2D eigenvalue weighted by atomic mass is 10.3. The van der Waals surface area contributed by atoms with Crippen LogP contribution in [-0.2, 0) is 4.79 Å². The van der Waals surface area contributed by atoms with E-state index >= 15 is 0 Å². The lowest BCUT2D eigenvalue weighted by Gasteiger charge is -2.17. The Morgan fingerprint density at radius 3 is 2.79 bits per heavy atom. The van der Waals surface area contributed by atoms with Gasteiger partial charge in [0.15, 0.2) is 17.7 Å². The van der Waals surface area contributed by atoms with Crippen molar-refractivity contribution >= 4 is 17.5 Å². The Bertz CT molecular complexity index is 719. The highest BCUT2D eigenvalue weighted by atomic mass is 19.1. The molecule has 1 saturated heterocycles. The van der Waals surface area contributed by atoms with E-state index < -0.39 is 17.8 Å². The quantitative estimate of drug-likeness (QED) is 0.913. The number of benzene rings is 1. The second-order valence-corrected chi connectivity index (χ2v) is 5.64. The second kappa shape index (κ2) is 7.25. The number of ether oxygens (including phenoxy) is 1. The molecule has 2 aromatic rings. The van der Waals surface area contributed by atoms with Gasteiger partial charge in [0, 0.05) is 19.2 Å². The van der Waals surface area contributed by atoms with E-state index in [0.29, 0.717) is 5.82 Å². The Hall–Kier alpha value is -2.70. The van der Waals surface area contributed by atoms with Crippen LogP contribution in [0.1, 0.15) is 19.8 Å². The van der Waals surface area contributed by atoms with Gasteiger partial charge in [0.1, 0.15) is 18.0 Å². The predicted octanol–water partition coefficient (Wildman–Crippen LogP) is 2.62. The van der Waals surface area contributed by atoms with Gasteiger partial charge in [-0.15, -0.1) is 0 Å². The number of para-hydroxylation sites is 1. The summed E-state index contributed by atoms with van der Waals surface area (Å²) in [5.41, 5.74) is 0. The van der Waals surface area contributed by atoms with Crippen molar-refractivity contribution < 1.29 is 13.9 Å². The standard InChI is InChI=1S/C17H19FN4O2/c1-12(24-14-7-3-2-6-13(14)18)17(23)21-15-10-16(20-11-19-15)22-8-4-5-9-22/h2-3,6-7,10-12H,4-5,8-9H2,1H3,(H,19,20,21,23)/t12-/m1/s1. The van der Waals surface area contributed by atoms with Crippen LogP contribution in [0, 0.1) is 5.82 Å². The van der Waals surface area contributed by atoms with Gasteiger partial charge in [-0.1, -0.05) is 12.1 Å². The van der Waals surface area contributed by atoms with Crippen molar-refractivity contribution in [1.82, 2.24) is 9.97 Å². The van der Waals surface area contributed by atoms with Crippen LogP contribution in [0.25, 0.3) is 0 Å². The van der Waals surface area contributed by atoms with Crippen molar-refractivity contribution in [1.29, 1.82) is 0 Å². The van der Waals surface area contributed by atoms with Gasteiger partial charge >= 0.3 is 0 Å². The molecule has 1 fully saturated rings. The summed E-state index contributed by atoms with van der Waals surface area (Å²) in [6, 6.07) is 7.71. The molecule has 1 amide bonds. The van der Waals surface area contributed by atoms with E-state index in [0.717, 1.165) is 31.7 Å². The van der Waals surface area contributed by atoms with Crippen molar-refractivity contribution in [2.75, 3.05) is 23.3 Å². The summed E-state index contributed by atoms with van der Waals surface area (Å²) in [6.45, 7) is 3.47.